The Labute approximate surface area is 276 Å². The molecule has 10 rings (SSSR count). The SMILES string of the molecule is c1cc[n+](C2CCCC3C4NC5NC(NC6NC(NC7NC(NC(N4)C32)C2CCCCC72)C2CCCCC62)C2CCCCC52)cc1. The Balaban J connectivity index is 1.01. The normalized spacial score (nSPS) is 53.2. The second-order valence-corrected chi connectivity index (χ2v) is 17.1. The van der Waals surface area contributed by atoms with E-state index in [1.165, 1.54) is 96.3 Å². The van der Waals surface area contributed by atoms with Crippen molar-refractivity contribution >= 4 is 0 Å². The van der Waals surface area contributed by atoms with Crippen LogP contribution in [-0.4, -0.2) is 49.3 Å². The fourth-order valence-electron chi connectivity index (χ4n) is 13.0. The van der Waals surface area contributed by atoms with Gasteiger partial charge in [-0.3, -0.25) is 42.5 Å². The minimum atomic E-state index is 0.293. The van der Waals surface area contributed by atoms with Crippen molar-refractivity contribution < 1.29 is 4.57 Å². The van der Waals surface area contributed by atoms with Gasteiger partial charge in [0.2, 0.25) is 0 Å². The molecule has 252 valence electrons. The maximum absolute atomic E-state index is 4.35. The van der Waals surface area contributed by atoms with Gasteiger partial charge < -0.3 is 0 Å². The number of rotatable bonds is 1. The van der Waals surface area contributed by atoms with Gasteiger partial charge in [-0.1, -0.05) is 44.6 Å². The van der Waals surface area contributed by atoms with Gasteiger partial charge in [0.1, 0.15) is 0 Å². The van der Waals surface area contributed by atoms with Crippen molar-refractivity contribution in [2.24, 2.45) is 47.3 Å². The summed E-state index contributed by atoms with van der Waals surface area (Å²) in [6.45, 7) is 0. The number of fused-ring (bicyclic) bond motifs is 20. The number of nitrogens with one attached hydrogen (secondary N) is 8. The molecule has 6 heterocycles. The molecule has 9 fully saturated rings. The molecule has 8 bridgehead atoms. The van der Waals surface area contributed by atoms with Crippen molar-refractivity contribution in [1.82, 2.24) is 42.5 Å². The van der Waals surface area contributed by atoms with Gasteiger partial charge >= 0.3 is 0 Å². The molecule has 9 aliphatic rings. The van der Waals surface area contributed by atoms with Gasteiger partial charge in [0.15, 0.2) is 18.4 Å². The largest absolute Gasteiger partial charge is 0.286 e. The molecule has 9 heteroatoms. The summed E-state index contributed by atoms with van der Waals surface area (Å²) in [6.07, 6.45) is 27.9. The van der Waals surface area contributed by atoms with Crippen LogP contribution in [0.4, 0.5) is 0 Å². The van der Waals surface area contributed by atoms with Crippen LogP contribution in [0, 0.1) is 47.3 Å². The molecular formula is C37H60N9+. The third-order valence-electron chi connectivity index (χ3n) is 15.0. The van der Waals surface area contributed by atoms with Gasteiger partial charge in [-0.05, 0) is 92.8 Å². The highest BCUT2D eigenvalue weighted by atomic mass is 15.4. The number of aromatic nitrogens is 1. The first-order valence-corrected chi connectivity index (χ1v) is 19.8. The summed E-state index contributed by atoms with van der Waals surface area (Å²) in [5.74, 6) is 5.44. The molecule has 17 unspecified atom stereocenters. The molecule has 17 atom stereocenters. The van der Waals surface area contributed by atoms with E-state index in [-0.39, 0.29) is 0 Å². The number of hydrogen-bond acceptors (Lipinski definition) is 8. The van der Waals surface area contributed by atoms with Gasteiger partial charge in [0, 0.05) is 18.6 Å². The Bertz CT molecular complexity index is 1210. The van der Waals surface area contributed by atoms with E-state index in [0.717, 1.165) is 11.8 Å². The Kier molecular flexibility index (Phi) is 7.95. The molecule has 46 heavy (non-hydrogen) atoms. The van der Waals surface area contributed by atoms with Crippen molar-refractivity contribution in [3.63, 3.8) is 0 Å². The molecule has 4 saturated carbocycles. The highest BCUT2D eigenvalue weighted by Crippen LogP contribution is 2.47. The highest BCUT2D eigenvalue weighted by Gasteiger charge is 2.57. The van der Waals surface area contributed by atoms with E-state index in [1.54, 1.807) is 0 Å². The first-order chi connectivity index (χ1) is 22.8. The average Bonchev–Trinajstić information content (AvgIpc) is 3.84. The van der Waals surface area contributed by atoms with Crippen molar-refractivity contribution in [2.45, 2.75) is 152 Å². The summed E-state index contributed by atoms with van der Waals surface area (Å²) in [6, 6.07) is 7.14. The molecule has 8 N–H and O–H groups in total. The van der Waals surface area contributed by atoms with Crippen LogP contribution < -0.4 is 47.1 Å². The predicted octanol–water partition coefficient (Wildman–Crippen LogP) is 2.74. The number of nitrogens with zero attached hydrogens (tertiary/aromatic N) is 1. The zero-order chi connectivity index (χ0) is 30.2. The Morgan fingerprint density at radius 1 is 0.326 bits per heavy atom. The van der Waals surface area contributed by atoms with E-state index >= 15 is 0 Å². The number of pyridine rings is 1. The van der Waals surface area contributed by atoms with Gasteiger partial charge in [-0.15, -0.1) is 0 Å². The van der Waals surface area contributed by atoms with E-state index in [1.807, 2.05) is 0 Å². The molecule has 1 aromatic rings. The summed E-state index contributed by atoms with van der Waals surface area (Å²) in [5, 5.41) is 34.2. The smallest absolute Gasteiger partial charge is 0.169 e. The van der Waals surface area contributed by atoms with Crippen LogP contribution in [0.25, 0.3) is 0 Å². The topological polar surface area (TPSA) is 100 Å². The van der Waals surface area contributed by atoms with Crippen LogP contribution >= 0.6 is 0 Å². The summed E-state index contributed by atoms with van der Waals surface area (Å²) >= 11 is 0. The first kappa shape index (κ1) is 29.7. The lowest BCUT2D eigenvalue weighted by Gasteiger charge is -2.36. The molecule has 5 aliphatic heterocycles. The Morgan fingerprint density at radius 3 is 1.04 bits per heavy atom. The monoisotopic (exact) mass is 630 g/mol. The van der Waals surface area contributed by atoms with Crippen LogP contribution in [0.15, 0.2) is 30.6 Å². The van der Waals surface area contributed by atoms with E-state index in [0.29, 0.717) is 90.9 Å². The molecule has 1 aromatic heterocycles. The lowest BCUT2D eigenvalue weighted by Crippen LogP contribution is -2.62. The van der Waals surface area contributed by atoms with Crippen LogP contribution in [0.1, 0.15) is 102 Å². The van der Waals surface area contributed by atoms with Gasteiger partial charge in [-0.2, -0.15) is 0 Å². The fraction of sp³-hybridized carbons (Fsp3) is 0.865. The van der Waals surface area contributed by atoms with E-state index in [9.17, 15) is 0 Å². The molecule has 0 radical (unpaired) electrons. The standard InChI is InChI=1S/C37H60N9/c1-8-19-46(20-9-1)28-18-10-17-27-29(28)37-44-35-26-16-7-6-15-25(26)33(42-35)40-31-22-12-3-2-11-21(22)30(38-31)39-32-23-13-4-5-14-24(23)34(41-32)43-36(27)45-37/h1,8-9,19-45H,2-7,10-18H2/q+1. The molecular weight excluding hydrogens is 570 g/mol. The predicted molar refractivity (Wildman–Crippen MR) is 178 cm³/mol. The minimum absolute atomic E-state index is 0.293. The van der Waals surface area contributed by atoms with E-state index in [2.05, 4.69) is 77.7 Å². The highest BCUT2D eigenvalue weighted by molar-refractivity contribution is 5.09. The Hall–Kier alpha value is -1.17. The van der Waals surface area contributed by atoms with Crippen molar-refractivity contribution in [1.29, 1.82) is 0 Å². The maximum Gasteiger partial charge on any atom is 0.169 e. The molecule has 5 saturated heterocycles. The summed E-state index contributed by atoms with van der Waals surface area (Å²) in [7, 11) is 0. The first-order valence-electron chi connectivity index (χ1n) is 19.8. The van der Waals surface area contributed by atoms with E-state index in [4.69, 9.17) is 0 Å². The van der Waals surface area contributed by atoms with Crippen molar-refractivity contribution in [3.05, 3.63) is 30.6 Å². The van der Waals surface area contributed by atoms with Crippen LogP contribution in [0.5, 0.6) is 0 Å². The van der Waals surface area contributed by atoms with Crippen LogP contribution in [0.2, 0.25) is 0 Å². The zero-order valence-corrected chi connectivity index (χ0v) is 27.8. The molecule has 9 nitrogen and oxygen atoms in total. The second-order valence-electron chi connectivity index (χ2n) is 17.1. The van der Waals surface area contributed by atoms with Crippen LogP contribution in [-0.2, 0) is 0 Å². The third kappa shape index (κ3) is 5.05. The van der Waals surface area contributed by atoms with Gasteiger partial charge in [-0.25, -0.2) is 4.57 Å². The molecule has 4 aliphatic carbocycles. The third-order valence-corrected chi connectivity index (χ3v) is 15.0. The van der Waals surface area contributed by atoms with Crippen LogP contribution in [0.3, 0.4) is 0 Å². The molecule has 0 amide bonds. The lowest BCUT2D eigenvalue weighted by atomic mass is 9.74. The zero-order valence-electron chi connectivity index (χ0n) is 27.8. The Morgan fingerprint density at radius 2 is 0.652 bits per heavy atom. The maximum atomic E-state index is 4.35. The van der Waals surface area contributed by atoms with Crippen molar-refractivity contribution in [3.8, 4) is 0 Å². The molecule has 0 spiro atoms. The average molecular weight is 631 g/mol. The van der Waals surface area contributed by atoms with Gasteiger partial charge in [0.05, 0.1) is 55.2 Å². The molecule has 0 aromatic carbocycles. The second kappa shape index (κ2) is 12.3. The number of hydrogen-bond donors (Lipinski definition) is 8. The van der Waals surface area contributed by atoms with E-state index < -0.39 is 0 Å². The minimum Gasteiger partial charge on any atom is -0.286 e. The van der Waals surface area contributed by atoms with Crippen molar-refractivity contribution in [2.75, 3.05) is 0 Å². The summed E-state index contributed by atoms with van der Waals surface area (Å²) in [4.78, 5) is 0. The quantitative estimate of drug-likeness (QED) is 0.225. The summed E-state index contributed by atoms with van der Waals surface area (Å²) < 4.78 is 2.54. The lowest BCUT2D eigenvalue weighted by molar-refractivity contribution is -0.733. The van der Waals surface area contributed by atoms with Gasteiger partial charge in [0.25, 0.3) is 0 Å². The fourth-order valence-corrected chi connectivity index (χ4v) is 13.0. The summed E-state index contributed by atoms with van der Waals surface area (Å²) in [5.41, 5.74) is 0.